The zero-order valence-corrected chi connectivity index (χ0v) is 13.3. The summed E-state index contributed by atoms with van der Waals surface area (Å²) in [7, 11) is 1.68. The van der Waals surface area contributed by atoms with Crippen molar-refractivity contribution in [2.24, 2.45) is 0 Å². The van der Waals surface area contributed by atoms with E-state index in [-0.39, 0.29) is 0 Å². The van der Waals surface area contributed by atoms with Crippen LogP contribution in [-0.2, 0) is 6.54 Å². The van der Waals surface area contributed by atoms with Crippen LogP contribution in [0, 0.1) is 0 Å². The molecular weight excluding hydrogens is 294 g/mol. The first kappa shape index (κ1) is 14.8. The fourth-order valence-electron chi connectivity index (χ4n) is 2.18. The van der Waals surface area contributed by atoms with Crippen LogP contribution >= 0.6 is 11.3 Å². The zero-order valence-electron chi connectivity index (χ0n) is 12.5. The quantitative estimate of drug-likeness (QED) is 0.655. The van der Waals surface area contributed by atoms with Crippen molar-refractivity contribution in [1.29, 1.82) is 0 Å². The lowest BCUT2D eigenvalue weighted by Gasteiger charge is -2.06. The van der Waals surface area contributed by atoms with Crippen molar-refractivity contribution in [3.63, 3.8) is 0 Å². The van der Waals surface area contributed by atoms with Crippen molar-refractivity contribution in [3.05, 3.63) is 54.1 Å². The van der Waals surface area contributed by atoms with Gasteiger partial charge in [-0.05, 0) is 29.8 Å². The molecule has 0 aliphatic heterocycles. The number of anilines is 1. The highest BCUT2D eigenvalue weighted by atomic mass is 32.1. The van der Waals surface area contributed by atoms with Crippen molar-refractivity contribution in [3.8, 4) is 5.75 Å². The number of methoxy groups -OCH3 is 1. The lowest BCUT2D eigenvalue weighted by Crippen LogP contribution is -2.21. The highest BCUT2D eigenvalue weighted by Crippen LogP contribution is 2.24. The van der Waals surface area contributed by atoms with Gasteiger partial charge < -0.3 is 15.4 Å². The molecule has 0 unspecified atom stereocenters. The summed E-state index contributed by atoms with van der Waals surface area (Å²) in [5, 5.41) is 7.76. The fraction of sp³-hybridized carbons (Fsp3) is 0.235. The summed E-state index contributed by atoms with van der Waals surface area (Å²) in [4.78, 5) is 4.55. The SMILES string of the molecule is COc1ccc(CNCCNc2nc3ccccc3s2)cc1. The van der Waals surface area contributed by atoms with Crippen molar-refractivity contribution < 1.29 is 4.74 Å². The Labute approximate surface area is 134 Å². The second kappa shape index (κ2) is 7.24. The van der Waals surface area contributed by atoms with Crippen LogP contribution in [0.5, 0.6) is 5.75 Å². The number of para-hydroxylation sites is 1. The van der Waals surface area contributed by atoms with Crippen molar-refractivity contribution >= 4 is 26.7 Å². The molecule has 3 rings (SSSR count). The first-order valence-electron chi connectivity index (χ1n) is 7.28. The fourth-order valence-corrected chi connectivity index (χ4v) is 3.07. The average molecular weight is 313 g/mol. The molecule has 114 valence electrons. The number of fused-ring (bicyclic) bond motifs is 1. The summed E-state index contributed by atoms with van der Waals surface area (Å²) < 4.78 is 6.37. The molecule has 5 heteroatoms. The first-order chi connectivity index (χ1) is 10.8. The van der Waals surface area contributed by atoms with Gasteiger partial charge in [0.05, 0.1) is 17.3 Å². The third kappa shape index (κ3) is 3.75. The Morgan fingerprint density at radius 2 is 1.86 bits per heavy atom. The number of benzene rings is 2. The van der Waals surface area contributed by atoms with Crippen LogP contribution in [0.25, 0.3) is 10.2 Å². The Hall–Kier alpha value is -2.11. The highest BCUT2D eigenvalue weighted by Gasteiger charge is 2.01. The zero-order chi connectivity index (χ0) is 15.2. The first-order valence-corrected chi connectivity index (χ1v) is 8.10. The smallest absolute Gasteiger partial charge is 0.183 e. The van der Waals surface area contributed by atoms with Gasteiger partial charge in [0.15, 0.2) is 5.13 Å². The van der Waals surface area contributed by atoms with E-state index in [1.54, 1.807) is 18.4 Å². The van der Waals surface area contributed by atoms with E-state index in [4.69, 9.17) is 4.74 Å². The summed E-state index contributed by atoms with van der Waals surface area (Å²) >= 11 is 1.69. The number of hydrogen-bond acceptors (Lipinski definition) is 5. The van der Waals surface area contributed by atoms with Gasteiger partial charge in [0, 0.05) is 19.6 Å². The monoisotopic (exact) mass is 313 g/mol. The normalized spacial score (nSPS) is 10.8. The van der Waals surface area contributed by atoms with Crippen LogP contribution in [0.1, 0.15) is 5.56 Å². The summed E-state index contributed by atoms with van der Waals surface area (Å²) in [6, 6.07) is 16.3. The second-order valence-electron chi connectivity index (χ2n) is 4.94. The maximum Gasteiger partial charge on any atom is 0.183 e. The lowest BCUT2D eigenvalue weighted by atomic mass is 10.2. The van der Waals surface area contributed by atoms with E-state index in [2.05, 4.69) is 33.8 Å². The number of thiazole rings is 1. The molecule has 0 fully saturated rings. The van der Waals surface area contributed by atoms with E-state index >= 15 is 0 Å². The molecule has 0 aliphatic rings. The molecule has 0 spiro atoms. The predicted octanol–water partition coefficient (Wildman–Crippen LogP) is 3.51. The summed E-state index contributed by atoms with van der Waals surface area (Å²) in [5.41, 5.74) is 2.31. The number of nitrogens with one attached hydrogen (secondary N) is 2. The topological polar surface area (TPSA) is 46.2 Å². The molecular formula is C17H19N3OS. The van der Waals surface area contributed by atoms with E-state index in [0.717, 1.165) is 36.0 Å². The molecule has 0 amide bonds. The van der Waals surface area contributed by atoms with Crippen LogP contribution in [0.4, 0.5) is 5.13 Å². The van der Waals surface area contributed by atoms with Crippen LogP contribution in [0.3, 0.4) is 0 Å². The minimum absolute atomic E-state index is 0.853. The van der Waals surface area contributed by atoms with Gasteiger partial charge in [-0.15, -0.1) is 0 Å². The van der Waals surface area contributed by atoms with E-state index < -0.39 is 0 Å². The molecule has 22 heavy (non-hydrogen) atoms. The number of aromatic nitrogens is 1. The van der Waals surface area contributed by atoms with Crippen molar-refractivity contribution in [1.82, 2.24) is 10.3 Å². The van der Waals surface area contributed by atoms with E-state index in [9.17, 15) is 0 Å². The number of nitrogens with zero attached hydrogens (tertiary/aromatic N) is 1. The molecule has 0 radical (unpaired) electrons. The minimum Gasteiger partial charge on any atom is -0.497 e. The molecule has 3 aromatic rings. The molecule has 1 aromatic heterocycles. The summed E-state index contributed by atoms with van der Waals surface area (Å²) in [5.74, 6) is 0.890. The van der Waals surface area contributed by atoms with Crippen molar-refractivity contribution in [2.75, 3.05) is 25.5 Å². The molecule has 2 aromatic carbocycles. The number of hydrogen-bond donors (Lipinski definition) is 2. The highest BCUT2D eigenvalue weighted by molar-refractivity contribution is 7.22. The Morgan fingerprint density at radius 3 is 2.64 bits per heavy atom. The molecule has 0 aliphatic carbocycles. The van der Waals surface area contributed by atoms with Crippen molar-refractivity contribution in [2.45, 2.75) is 6.54 Å². The van der Waals surface area contributed by atoms with Gasteiger partial charge in [0.2, 0.25) is 0 Å². The summed E-state index contributed by atoms with van der Waals surface area (Å²) in [6.45, 7) is 2.60. The van der Waals surface area contributed by atoms with Crippen LogP contribution in [0.2, 0.25) is 0 Å². The van der Waals surface area contributed by atoms with Gasteiger partial charge in [0.1, 0.15) is 5.75 Å². The molecule has 4 nitrogen and oxygen atoms in total. The third-order valence-electron chi connectivity index (χ3n) is 3.36. The molecule has 0 bridgehead atoms. The third-order valence-corrected chi connectivity index (χ3v) is 4.35. The molecule has 1 heterocycles. The predicted molar refractivity (Wildman–Crippen MR) is 92.8 cm³/mol. The van der Waals surface area contributed by atoms with Gasteiger partial charge in [-0.25, -0.2) is 4.98 Å². The molecule has 0 saturated heterocycles. The Bertz CT molecular complexity index is 691. The molecule has 0 atom stereocenters. The van der Waals surface area contributed by atoms with E-state index in [1.165, 1.54) is 10.3 Å². The van der Waals surface area contributed by atoms with E-state index in [1.807, 2.05) is 30.3 Å². The Morgan fingerprint density at radius 1 is 1.05 bits per heavy atom. The van der Waals surface area contributed by atoms with E-state index in [0.29, 0.717) is 0 Å². The number of rotatable bonds is 7. The Balaban J connectivity index is 1.41. The van der Waals surface area contributed by atoms with Crippen LogP contribution < -0.4 is 15.4 Å². The molecule has 0 saturated carbocycles. The van der Waals surface area contributed by atoms with Crippen LogP contribution in [-0.4, -0.2) is 25.2 Å². The van der Waals surface area contributed by atoms with Gasteiger partial charge in [-0.1, -0.05) is 35.6 Å². The Kier molecular flexibility index (Phi) is 4.88. The van der Waals surface area contributed by atoms with Gasteiger partial charge in [-0.3, -0.25) is 0 Å². The van der Waals surface area contributed by atoms with Gasteiger partial charge >= 0.3 is 0 Å². The number of ether oxygens (including phenoxy) is 1. The standard InChI is InChI=1S/C17H19N3OS/c1-21-14-8-6-13(7-9-14)12-18-10-11-19-17-20-15-4-2-3-5-16(15)22-17/h2-9,18H,10-12H2,1H3,(H,19,20). The van der Waals surface area contributed by atoms with Gasteiger partial charge in [-0.2, -0.15) is 0 Å². The lowest BCUT2D eigenvalue weighted by molar-refractivity contribution is 0.414. The largest absolute Gasteiger partial charge is 0.497 e. The average Bonchev–Trinajstić information content (AvgIpc) is 2.98. The summed E-state index contributed by atoms with van der Waals surface area (Å²) in [6.07, 6.45) is 0. The minimum atomic E-state index is 0.853. The molecule has 2 N–H and O–H groups in total. The maximum absolute atomic E-state index is 5.15. The maximum atomic E-state index is 5.15. The van der Waals surface area contributed by atoms with Gasteiger partial charge in [0.25, 0.3) is 0 Å². The van der Waals surface area contributed by atoms with Crippen LogP contribution in [0.15, 0.2) is 48.5 Å². The second-order valence-corrected chi connectivity index (χ2v) is 5.97.